The smallest absolute Gasteiger partial charge is 0.330 e. The third kappa shape index (κ3) is 12.5. The molecule has 0 heterocycles. The maximum Gasteiger partial charge on any atom is 0.330 e. The summed E-state index contributed by atoms with van der Waals surface area (Å²) in [5, 5.41) is 31.4. The summed E-state index contributed by atoms with van der Waals surface area (Å²) in [4.78, 5) is 28.2. The number of aliphatic hydroxyl groups excluding tert-OH is 3. The van der Waals surface area contributed by atoms with Crippen LogP contribution < -0.4 is 17.2 Å². The first kappa shape index (κ1) is 34.0. The summed E-state index contributed by atoms with van der Waals surface area (Å²) in [5.41, 5.74) is 16.2. The molecule has 1 fully saturated rings. The van der Waals surface area contributed by atoms with Crippen LogP contribution >= 0.6 is 11.8 Å². The number of ether oxygens (including phenoxy) is 1. The van der Waals surface area contributed by atoms with Gasteiger partial charge in [-0.15, -0.1) is 11.8 Å². The molecule has 1 aliphatic rings. The Morgan fingerprint density at radius 3 is 2.40 bits per heavy atom. The van der Waals surface area contributed by atoms with Gasteiger partial charge in [0.1, 0.15) is 11.9 Å². The van der Waals surface area contributed by atoms with Crippen molar-refractivity contribution < 1.29 is 34.0 Å². The first-order chi connectivity index (χ1) is 19.1. The van der Waals surface area contributed by atoms with Crippen molar-refractivity contribution in [2.75, 3.05) is 12.3 Å². The Bertz CT molecular complexity index is 951. The molecular weight excluding hydrogens is 539 g/mol. The van der Waals surface area contributed by atoms with Crippen molar-refractivity contribution in [3.8, 4) is 0 Å². The summed E-state index contributed by atoms with van der Waals surface area (Å²) in [6.07, 6.45) is 4.16. The van der Waals surface area contributed by atoms with E-state index < -0.39 is 36.3 Å². The number of esters is 2. The minimum Gasteiger partial charge on any atom is -0.393 e. The van der Waals surface area contributed by atoms with Crippen molar-refractivity contribution in [1.29, 1.82) is 0 Å². The average Bonchev–Trinajstić information content (AvgIpc) is 3.17. The van der Waals surface area contributed by atoms with Gasteiger partial charge in [-0.3, -0.25) is 9.79 Å². The number of unbranched alkanes of at least 4 members (excludes halogenated alkanes) is 3. The summed E-state index contributed by atoms with van der Waals surface area (Å²) in [5.74, 6) is -1.51. The van der Waals surface area contributed by atoms with Crippen LogP contribution in [0.1, 0.15) is 70.6 Å². The minimum absolute atomic E-state index is 0.0351. The molecule has 0 amide bonds. The monoisotopic (exact) mass is 584 g/mol. The zero-order valence-electron chi connectivity index (χ0n) is 23.0. The van der Waals surface area contributed by atoms with E-state index in [4.69, 9.17) is 21.9 Å². The van der Waals surface area contributed by atoms with Crippen LogP contribution in [0.3, 0.4) is 0 Å². The van der Waals surface area contributed by atoms with Crippen molar-refractivity contribution in [2.24, 2.45) is 34.0 Å². The highest BCUT2D eigenvalue weighted by atomic mass is 32.2. The van der Waals surface area contributed by atoms with E-state index in [1.807, 2.05) is 0 Å². The zero-order chi connectivity index (χ0) is 29.5. The lowest BCUT2D eigenvalue weighted by molar-refractivity contribution is -0.160. The number of carbonyl (C=O) groups is 2. The van der Waals surface area contributed by atoms with Crippen LogP contribution in [-0.4, -0.2) is 69.9 Å². The van der Waals surface area contributed by atoms with Crippen LogP contribution in [0, 0.1) is 17.7 Å². The maximum absolute atomic E-state index is 13.8. The van der Waals surface area contributed by atoms with Gasteiger partial charge in [0.2, 0.25) is 0 Å². The van der Waals surface area contributed by atoms with E-state index >= 15 is 0 Å². The van der Waals surface area contributed by atoms with Crippen LogP contribution in [-0.2, 0) is 14.3 Å². The van der Waals surface area contributed by atoms with E-state index in [-0.39, 0.29) is 30.0 Å². The van der Waals surface area contributed by atoms with Gasteiger partial charge >= 0.3 is 11.9 Å². The second kappa shape index (κ2) is 18.2. The molecule has 0 radical (unpaired) electrons. The summed E-state index contributed by atoms with van der Waals surface area (Å²) >= 11 is 1.27. The Balaban J connectivity index is 1.61. The van der Waals surface area contributed by atoms with Crippen LogP contribution in [0.4, 0.5) is 4.39 Å². The lowest BCUT2D eigenvalue weighted by Gasteiger charge is -2.24. The lowest BCUT2D eigenvalue weighted by Crippen LogP contribution is -2.34. The lowest BCUT2D eigenvalue weighted by atomic mass is 9.85. The molecule has 226 valence electrons. The number of rotatable bonds is 18. The topological polar surface area (TPSA) is 194 Å². The number of nitrogens with two attached hydrogens (primary N) is 3. The third-order valence-corrected chi connectivity index (χ3v) is 8.47. The second-order valence-electron chi connectivity index (χ2n) is 10.5. The van der Waals surface area contributed by atoms with E-state index in [9.17, 15) is 29.3 Å². The number of benzene rings is 1. The Labute approximate surface area is 239 Å². The summed E-state index contributed by atoms with van der Waals surface area (Å²) in [7, 11) is 0. The molecule has 0 bridgehead atoms. The van der Waals surface area contributed by atoms with Crippen molar-refractivity contribution in [2.45, 2.75) is 99.9 Å². The predicted molar refractivity (Wildman–Crippen MR) is 153 cm³/mol. The van der Waals surface area contributed by atoms with Crippen LogP contribution in [0.25, 0.3) is 0 Å². The first-order valence-corrected chi connectivity index (χ1v) is 15.0. The molecule has 5 unspecified atom stereocenters. The van der Waals surface area contributed by atoms with Gasteiger partial charge in [-0.1, -0.05) is 31.4 Å². The minimum atomic E-state index is -0.911. The maximum atomic E-state index is 13.8. The number of aliphatic hydroxyl groups is 3. The van der Waals surface area contributed by atoms with Gasteiger partial charge in [0.05, 0.1) is 18.3 Å². The number of nitrogens with zero attached hydrogens (tertiary/aromatic N) is 1. The van der Waals surface area contributed by atoms with E-state index in [1.165, 1.54) is 17.8 Å². The highest BCUT2D eigenvalue weighted by Gasteiger charge is 2.40. The van der Waals surface area contributed by atoms with Crippen molar-refractivity contribution in [3.63, 3.8) is 0 Å². The number of guanidine groups is 1. The first-order valence-electron chi connectivity index (χ1n) is 14.1. The Kier molecular flexibility index (Phi) is 15.5. The molecule has 1 saturated carbocycles. The molecule has 9 N–H and O–H groups in total. The molecular formula is C28H45FN4O6S. The number of aliphatic imine (C=N–C) groups is 1. The molecule has 1 aromatic rings. The number of hydrogen-bond acceptors (Lipinski definition) is 9. The quantitative estimate of drug-likeness (QED) is 0.0372. The molecule has 0 aliphatic heterocycles. The van der Waals surface area contributed by atoms with Crippen molar-refractivity contribution in [1.82, 2.24) is 0 Å². The van der Waals surface area contributed by atoms with Gasteiger partial charge in [-0.05, 0) is 68.9 Å². The molecule has 2 rings (SSSR count). The molecule has 10 nitrogen and oxygen atoms in total. The molecule has 0 aromatic heterocycles. The summed E-state index contributed by atoms with van der Waals surface area (Å²) in [6, 6.07) is 5.53. The molecule has 1 aliphatic carbocycles. The van der Waals surface area contributed by atoms with Gasteiger partial charge in [0, 0.05) is 23.6 Å². The fourth-order valence-electron chi connectivity index (χ4n) is 5.08. The highest BCUT2D eigenvalue weighted by Crippen LogP contribution is 2.39. The van der Waals surface area contributed by atoms with Gasteiger partial charge in [0.15, 0.2) is 5.96 Å². The molecule has 6 atom stereocenters. The van der Waals surface area contributed by atoms with Gasteiger partial charge in [0.25, 0.3) is 0 Å². The summed E-state index contributed by atoms with van der Waals surface area (Å²) < 4.78 is 18.6. The average molecular weight is 585 g/mol. The Hall–Kier alpha value is -2.25. The van der Waals surface area contributed by atoms with E-state index in [1.54, 1.807) is 18.2 Å². The number of hydrogen-bond donors (Lipinski definition) is 6. The predicted octanol–water partition coefficient (Wildman–Crippen LogP) is 2.21. The molecule has 1 aromatic carbocycles. The second-order valence-corrected chi connectivity index (χ2v) is 11.5. The highest BCUT2D eigenvalue weighted by molar-refractivity contribution is 7.99. The van der Waals surface area contributed by atoms with Gasteiger partial charge in [-0.25, -0.2) is 9.18 Å². The fraction of sp³-hybridized carbons (Fsp3) is 0.679. The number of thioether (sulfide) groups is 1. The third-order valence-electron chi connectivity index (χ3n) is 7.28. The van der Waals surface area contributed by atoms with Crippen LogP contribution in [0.15, 0.2) is 34.2 Å². The van der Waals surface area contributed by atoms with Crippen molar-refractivity contribution in [3.05, 3.63) is 30.1 Å². The zero-order valence-corrected chi connectivity index (χ0v) is 23.8. The van der Waals surface area contributed by atoms with Crippen LogP contribution in [0.5, 0.6) is 0 Å². The Morgan fingerprint density at radius 1 is 1.02 bits per heavy atom. The number of halogens is 1. The van der Waals surface area contributed by atoms with Crippen LogP contribution in [0.2, 0.25) is 0 Å². The largest absolute Gasteiger partial charge is 0.393 e. The van der Waals surface area contributed by atoms with Gasteiger partial charge < -0.3 is 37.3 Å². The molecule has 0 saturated heterocycles. The fourth-order valence-corrected chi connectivity index (χ4v) is 5.99. The standard InChI is InChI=1S/C28H45FN4O6S/c29-21-9-5-6-11-25(21)40-17-18(34)13-14-20-19(23(35)16-24(20)36)8-3-1-2-4-12-26(37)39-27(38)22(30)10-7-15-33-28(31)32/h5-6,9,11,18-20,22-24,34-36H,1-4,7-8,10,12-17,30H2,(H4,31,32,33)/t18?,19?,20?,22-,23?,24?/m0/s1. The molecule has 40 heavy (non-hydrogen) atoms. The van der Waals surface area contributed by atoms with E-state index in [0.29, 0.717) is 55.7 Å². The van der Waals surface area contributed by atoms with Crippen molar-refractivity contribution >= 4 is 29.7 Å². The van der Waals surface area contributed by atoms with E-state index in [0.717, 1.165) is 25.7 Å². The molecule has 0 spiro atoms. The van der Waals surface area contributed by atoms with E-state index in [2.05, 4.69) is 4.99 Å². The van der Waals surface area contributed by atoms with Gasteiger partial charge in [-0.2, -0.15) is 0 Å². The molecule has 12 heteroatoms. The Morgan fingerprint density at radius 2 is 1.70 bits per heavy atom. The normalized spacial score (nSPS) is 22.0. The summed E-state index contributed by atoms with van der Waals surface area (Å²) in [6.45, 7) is 0.340. The SMILES string of the molecule is NC(N)=NCCC[C@H](N)C(=O)OC(=O)CCCCCCC1C(O)CC(O)C1CCC(O)CSc1ccccc1F. The number of carbonyl (C=O) groups excluding carboxylic acids is 2.